The molecule has 0 bridgehead atoms. The van der Waals surface area contributed by atoms with E-state index in [1.165, 1.54) is 7.11 Å². The smallest absolute Gasteiger partial charge is 0.416 e. The first-order valence-corrected chi connectivity index (χ1v) is 16.8. The van der Waals surface area contributed by atoms with Crippen LogP contribution in [0.4, 0.5) is 22.4 Å². The van der Waals surface area contributed by atoms with Crippen LogP contribution < -0.4 is 19.9 Å². The molecule has 4 heterocycles. The summed E-state index contributed by atoms with van der Waals surface area (Å²) in [6.07, 6.45) is 11.4. The first-order valence-electron chi connectivity index (χ1n) is 16.8. The number of nitriles is 1. The minimum atomic E-state index is -0.432. The number of aromatic nitrogens is 5. The Hall–Kier alpha value is -5.35. The molecule has 1 saturated carbocycles. The zero-order valence-corrected chi connectivity index (χ0v) is 27.6. The molecule has 3 aromatic heterocycles. The first-order chi connectivity index (χ1) is 24.0. The highest BCUT2D eigenvalue weighted by molar-refractivity contribution is 5.87. The van der Waals surface area contributed by atoms with Gasteiger partial charge < -0.3 is 24.8 Å². The number of anilines is 3. The van der Waals surface area contributed by atoms with Crippen molar-refractivity contribution in [3.8, 4) is 23.2 Å². The summed E-state index contributed by atoms with van der Waals surface area (Å²) >= 11 is 0. The largest absolute Gasteiger partial charge is 0.467 e. The van der Waals surface area contributed by atoms with Crippen molar-refractivity contribution in [1.29, 1.82) is 5.26 Å². The number of amides is 1. The van der Waals surface area contributed by atoms with Gasteiger partial charge in [0.05, 0.1) is 19.4 Å². The van der Waals surface area contributed by atoms with Crippen LogP contribution in [0.5, 0.6) is 6.01 Å². The number of hydrogen-bond donors (Lipinski definition) is 2. The van der Waals surface area contributed by atoms with Gasteiger partial charge in [0.25, 0.3) is 0 Å². The Morgan fingerprint density at radius 3 is 2.45 bits per heavy atom. The number of aliphatic hydroxyl groups excluding tert-OH is 1. The third-order valence-corrected chi connectivity index (χ3v) is 9.16. The summed E-state index contributed by atoms with van der Waals surface area (Å²) in [5.41, 5.74) is 2.95. The number of methoxy groups -OCH3 is 1. The molecule has 6 rings (SSSR count). The summed E-state index contributed by atoms with van der Waals surface area (Å²) in [6, 6.07) is 15.8. The molecule has 1 amide bonds. The lowest BCUT2D eigenvalue weighted by Gasteiger charge is -2.35. The normalized spacial score (nSPS) is 19.3. The molecule has 0 spiro atoms. The van der Waals surface area contributed by atoms with Crippen molar-refractivity contribution in [2.24, 2.45) is 5.92 Å². The van der Waals surface area contributed by atoms with Gasteiger partial charge in [0.2, 0.25) is 5.95 Å². The monoisotopic (exact) mass is 663 g/mol. The molecule has 1 aliphatic heterocycles. The fourth-order valence-electron chi connectivity index (χ4n) is 6.40. The summed E-state index contributed by atoms with van der Waals surface area (Å²) in [6.45, 7) is 2.23. The third-order valence-electron chi connectivity index (χ3n) is 9.16. The number of carbonyl (C=O) groups excluding carboxylic acids is 1. The topological polar surface area (TPSA) is 163 Å². The average molecular weight is 664 g/mol. The predicted molar refractivity (Wildman–Crippen MR) is 184 cm³/mol. The number of pyridine rings is 1. The highest BCUT2D eigenvalue weighted by atomic mass is 16.6. The number of benzene rings is 1. The van der Waals surface area contributed by atoms with Crippen molar-refractivity contribution in [3.63, 3.8) is 0 Å². The van der Waals surface area contributed by atoms with Crippen LogP contribution in [0.3, 0.4) is 0 Å². The summed E-state index contributed by atoms with van der Waals surface area (Å²) in [4.78, 5) is 39.6. The van der Waals surface area contributed by atoms with Crippen LogP contribution in [0.15, 0.2) is 67.3 Å². The second-order valence-corrected chi connectivity index (χ2v) is 12.4. The van der Waals surface area contributed by atoms with Crippen molar-refractivity contribution >= 4 is 23.7 Å². The molecule has 1 unspecified atom stereocenters. The van der Waals surface area contributed by atoms with Crippen LogP contribution in [0.1, 0.15) is 56.1 Å². The molecule has 1 atom stereocenters. The van der Waals surface area contributed by atoms with E-state index in [-0.39, 0.29) is 24.8 Å². The minimum absolute atomic E-state index is 0.0849. The number of hydrogen-bond acceptors (Lipinski definition) is 12. The number of rotatable bonds is 10. The minimum Gasteiger partial charge on any atom is -0.467 e. The van der Waals surface area contributed by atoms with Gasteiger partial charge >= 0.3 is 12.1 Å². The molecule has 4 aromatic rings. The van der Waals surface area contributed by atoms with Crippen LogP contribution in [-0.4, -0.2) is 75.0 Å². The van der Waals surface area contributed by atoms with E-state index in [1.54, 1.807) is 29.7 Å². The highest BCUT2D eigenvalue weighted by Gasteiger charge is 2.32. The molecule has 2 fully saturated rings. The lowest BCUT2D eigenvalue weighted by atomic mass is 9.85. The van der Waals surface area contributed by atoms with Crippen molar-refractivity contribution in [1.82, 2.24) is 24.9 Å². The SMILES string of the molecule is COc1ncc(-c2ccc(N(C(=O)OCc3ccccc3)C3CCC(CNc4ncc(C#N)c(N5CCCC(O)CC5)n4)CC3)nc2)cn1. The summed E-state index contributed by atoms with van der Waals surface area (Å²) < 4.78 is 10.9. The molecule has 254 valence electrons. The zero-order chi connectivity index (χ0) is 34.0. The van der Waals surface area contributed by atoms with Crippen molar-refractivity contribution in [2.45, 2.75) is 63.7 Å². The fraction of sp³-hybridized carbons (Fsp3) is 0.417. The summed E-state index contributed by atoms with van der Waals surface area (Å²) in [5, 5.41) is 23.2. The molecule has 2 aliphatic rings. The van der Waals surface area contributed by atoms with Gasteiger partial charge in [-0.25, -0.2) is 24.7 Å². The Morgan fingerprint density at radius 2 is 1.73 bits per heavy atom. The lowest BCUT2D eigenvalue weighted by molar-refractivity contribution is 0.141. The van der Waals surface area contributed by atoms with E-state index >= 15 is 0 Å². The number of ether oxygens (including phenoxy) is 2. The quantitative estimate of drug-likeness (QED) is 0.223. The number of nitrogens with one attached hydrogen (secondary N) is 1. The van der Waals surface area contributed by atoms with Crippen molar-refractivity contribution in [2.75, 3.05) is 41.9 Å². The standard InChI is InChI=1S/C36H41N9O4/c1-48-35-41-22-29(23-42-35)27-11-14-32(38-20-27)45(36(47)49-24-26-6-3-2-4-7-26)30-12-9-25(10-13-30)19-39-34-40-21-28(18-37)33(43-34)44-16-5-8-31(46)15-17-44/h2-4,6-7,11,14,20-23,25,30-31,46H,5,8-10,12-13,15-17,19,24H2,1H3,(H,39,40,43). The zero-order valence-electron chi connectivity index (χ0n) is 27.6. The van der Waals surface area contributed by atoms with Crippen molar-refractivity contribution < 1.29 is 19.4 Å². The van der Waals surface area contributed by atoms with Gasteiger partial charge in [-0.1, -0.05) is 30.3 Å². The Kier molecular flexibility index (Phi) is 11.1. The van der Waals surface area contributed by atoms with E-state index in [9.17, 15) is 15.2 Å². The fourth-order valence-corrected chi connectivity index (χ4v) is 6.40. The van der Waals surface area contributed by atoms with E-state index in [1.807, 2.05) is 42.5 Å². The number of aliphatic hydroxyl groups is 1. The maximum absolute atomic E-state index is 13.6. The van der Waals surface area contributed by atoms with Gasteiger partial charge in [-0.15, -0.1) is 0 Å². The summed E-state index contributed by atoms with van der Waals surface area (Å²) in [7, 11) is 1.52. The first kappa shape index (κ1) is 33.5. The Labute approximate surface area is 286 Å². The molecule has 49 heavy (non-hydrogen) atoms. The van der Waals surface area contributed by atoms with Crippen LogP contribution in [0, 0.1) is 17.2 Å². The summed E-state index contributed by atoms with van der Waals surface area (Å²) in [5.74, 6) is 1.97. The van der Waals surface area contributed by atoms with Crippen LogP contribution in [0.2, 0.25) is 0 Å². The molecule has 1 aromatic carbocycles. The van der Waals surface area contributed by atoms with Gasteiger partial charge in [-0.05, 0) is 68.6 Å². The Balaban J connectivity index is 1.11. The van der Waals surface area contributed by atoms with E-state index in [4.69, 9.17) is 14.5 Å². The van der Waals surface area contributed by atoms with E-state index in [0.717, 1.165) is 61.8 Å². The predicted octanol–water partition coefficient (Wildman–Crippen LogP) is 5.37. The molecule has 1 saturated heterocycles. The molecule has 2 N–H and O–H groups in total. The molecule has 1 aliphatic carbocycles. The average Bonchev–Trinajstić information content (AvgIpc) is 3.38. The second kappa shape index (κ2) is 16.2. The Bertz CT molecular complexity index is 1710. The number of nitrogens with zero attached hydrogens (tertiary/aromatic N) is 8. The van der Waals surface area contributed by atoms with Gasteiger partial charge in [0.1, 0.15) is 24.1 Å². The maximum Gasteiger partial charge on any atom is 0.416 e. The van der Waals surface area contributed by atoms with E-state index in [2.05, 4.69) is 36.2 Å². The third kappa shape index (κ3) is 8.58. The van der Waals surface area contributed by atoms with Crippen molar-refractivity contribution in [3.05, 3.63) is 78.4 Å². The van der Waals surface area contributed by atoms with Crippen LogP contribution >= 0.6 is 0 Å². The Morgan fingerprint density at radius 1 is 0.959 bits per heavy atom. The van der Waals surface area contributed by atoms with Crippen LogP contribution in [-0.2, 0) is 11.3 Å². The molecular weight excluding hydrogens is 622 g/mol. The van der Waals surface area contributed by atoms with Crippen LogP contribution in [0.25, 0.3) is 11.1 Å². The van der Waals surface area contributed by atoms with Gasteiger partial charge in [-0.2, -0.15) is 10.2 Å². The van der Waals surface area contributed by atoms with E-state index < -0.39 is 6.09 Å². The van der Waals surface area contributed by atoms with E-state index in [0.29, 0.717) is 48.6 Å². The molecule has 13 nitrogen and oxygen atoms in total. The molecule has 13 heteroatoms. The molecular formula is C36H41N9O4. The van der Waals surface area contributed by atoms with Gasteiger partial charge in [0, 0.05) is 55.4 Å². The van der Waals surface area contributed by atoms with Gasteiger partial charge in [0.15, 0.2) is 5.82 Å². The second-order valence-electron chi connectivity index (χ2n) is 12.4. The lowest BCUT2D eigenvalue weighted by Crippen LogP contribution is -2.44. The van der Waals surface area contributed by atoms with Gasteiger partial charge in [-0.3, -0.25) is 4.90 Å². The maximum atomic E-state index is 13.6. The molecule has 0 radical (unpaired) electrons. The number of carbonyl (C=O) groups is 1. The highest BCUT2D eigenvalue weighted by Crippen LogP contribution is 2.32.